The average molecular weight is 323 g/mol. The van der Waals surface area contributed by atoms with Crippen molar-refractivity contribution in [3.05, 3.63) is 52.8 Å². The lowest BCUT2D eigenvalue weighted by molar-refractivity contribution is 1.02. The first-order valence-corrected chi connectivity index (χ1v) is 6.39. The van der Waals surface area contributed by atoms with Crippen LogP contribution in [0.3, 0.4) is 0 Å². The second-order valence-electron chi connectivity index (χ2n) is 3.51. The summed E-state index contributed by atoms with van der Waals surface area (Å²) in [7, 11) is 0. The predicted molar refractivity (Wildman–Crippen MR) is 81.0 cm³/mol. The summed E-state index contributed by atoms with van der Waals surface area (Å²) in [5, 5.41) is 4.09. The third kappa shape index (κ3) is 3.18. The van der Waals surface area contributed by atoms with E-state index in [1.54, 1.807) is 6.21 Å². The quantitative estimate of drug-likeness (QED) is 0.518. The Bertz CT molecular complexity index is 574. The predicted octanol–water partition coefficient (Wildman–Crippen LogP) is 2.41. The highest BCUT2D eigenvalue weighted by molar-refractivity contribution is 9.10. The molecule has 0 aliphatic heterocycles. The second kappa shape index (κ2) is 5.79. The van der Waals surface area contributed by atoms with Crippen molar-refractivity contribution in [2.24, 2.45) is 10.8 Å². The van der Waals surface area contributed by atoms with Crippen LogP contribution in [0.5, 0.6) is 0 Å². The SMILES string of the molecule is NC(=S)NN=Cc1cccn1-c1ccc(Br)cc1. The Morgan fingerprint density at radius 1 is 1.33 bits per heavy atom. The van der Waals surface area contributed by atoms with E-state index in [0.717, 1.165) is 15.9 Å². The van der Waals surface area contributed by atoms with Gasteiger partial charge in [-0.05, 0) is 48.6 Å². The molecule has 0 bridgehead atoms. The molecule has 0 spiro atoms. The van der Waals surface area contributed by atoms with Gasteiger partial charge in [-0.1, -0.05) is 15.9 Å². The Morgan fingerprint density at radius 2 is 2.06 bits per heavy atom. The molecule has 0 radical (unpaired) electrons. The molecule has 0 saturated heterocycles. The van der Waals surface area contributed by atoms with Gasteiger partial charge in [-0.25, -0.2) is 0 Å². The summed E-state index contributed by atoms with van der Waals surface area (Å²) in [6.07, 6.45) is 3.63. The van der Waals surface area contributed by atoms with Crippen LogP contribution >= 0.6 is 28.1 Å². The minimum atomic E-state index is 0.146. The van der Waals surface area contributed by atoms with Crippen molar-refractivity contribution in [1.29, 1.82) is 0 Å². The first kappa shape index (κ1) is 12.8. The van der Waals surface area contributed by atoms with Crippen molar-refractivity contribution in [2.45, 2.75) is 0 Å². The molecule has 0 saturated carbocycles. The van der Waals surface area contributed by atoms with Crippen molar-refractivity contribution in [3.8, 4) is 5.69 Å². The summed E-state index contributed by atoms with van der Waals surface area (Å²) >= 11 is 8.08. The Hall–Kier alpha value is -1.66. The van der Waals surface area contributed by atoms with E-state index in [0.29, 0.717) is 0 Å². The lowest BCUT2D eigenvalue weighted by Crippen LogP contribution is -2.24. The van der Waals surface area contributed by atoms with Crippen LogP contribution in [0.4, 0.5) is 0 Å². The summed E-state index contributed by atoms with van der Waals surface area (Å²) in [5.41, 5.74) is 9.81. The molecule has 0 aliphatic carbocycles. The highest BCUT2D eigenvalue weighted by Crippen LogP contribution is 2.15. The fraction of sp³-hybridized carbons (Fsp3) is 0. The van der Waals surface area contributed by atoms with Crippen LogP contribution in [0.25, 0.3) is 5.69 Å². The average Bonchev–Trinajstić information content (AvgIpc) is 2.78. The van der Waals surface area contributed by atoms with Crippen molar-refractivity contribution in [1.82, 2.24) is 9.99 Å². The number of benzene rings is 1. The Kier molecular flexibility index (Phi) is 4.11. The lowest BCUT2D eigenvalue weighted by Gasteiger charge is -2.06. The monoisotopic (exact) mass is 322 g/mol. The third-order valence-corrected chi connectivity index (χ3v) is 2.88. The minimum Gasteiger partial charge on any atom is -0.375 e. The van der Waals surface area contributed by atoms with Gasteiger partial charge in [0.15, 0.2) is 5.11 Å². The molecule has 0 unspecified atom stereocenters. The molecular formula is C12H11BrN4S. The number of aromatic nitrogens is 1. The molecule has 2 aromatic rings. The van der Waals surface area contributed by atoms with E-state index in [2.05, 4.69) is 38.7 Å². The van der Waals surface area contributed by atoms with Crippen LogP contribution < -0.4 is 11.2 Å². The van der Waals surface area contributed by atoms with Gasteiger partial charge in [-0.2, -0.15) is 5.10 Å². The Labute approximate surface area is 119 Å². The summed E-state index contributed by atoms with van der Waals surface area (Å²) in [6.45, 7) is 0. The molecule has 4 nitrogen and oxygen atoms in total. The molecule has 2 rings (SSSR count). The van der Waals surface area contributed by atoms with Gasteiger partial charge in [0.25, 0.3) is 0 Å². The van der Waals surface area contributed by atoms with Gasteiger partial charge in [-0.3, -0.25) is 5.43 Å². The molecule has 0 amide bonds. The van der Waals surface area contributed by atoms with Crippen LogP contribution in [0, 0.1) is 0 Å². The van der Waals surface area contributed by atoms with Gasteiger partial charge < -0.3 is 10.3 Å². The van der Waals surface area contributed by atoms with Gasteiger partial charge in [-0.15, -0.1) is 0 Å². The number of nitrogens with one attached hydrogen (secondary N) is 1. The number of nitrogens with two attached hydrogens (primary N) is 1. The molecule has 18 heavy (non-hydrogen) atoms. The van der Waals surface area contributed by atoms with Crippen LogP contribution in [-0.4, -0.2) is 15.9 Å². The van der Waals surface area contributed by atoms with Gasteiger partial charge in [0, 0.05) is 16.4 Å². The van der Waals surface area contributed by atoms with E-state index >= 15 is 0 Å². The van der Waals surface area contributed by atoms with Crippen LogP contribution in [0.2, 0.25) is 0 Å². The first-order valence-electron chi connectivity index (χ1n) is 5.18. The third-order valence-electron chi connectivity index (χ3n) is 2.26. The van der Waals surface area contributed by atoms with Crippen molar-refractivity contribution >= 4 is 39.5 Å². The van der Waals surface area contributed by atoms with Crippen molar-refractivity contribution in [3.63, 3.8) is 0 Å². The maximum Gasteiger partial charge on any atom is 0.184 e. The number of hydrazone groups is 1. The first-order chi connectivity index (χ1) is 8.66. The normalized spacial score (nSPS) is 10.7. The number of thiocarbonyl (C=S) groups is 1. The van der Waals surface area contributed by atoms with Crippen LogP contribution in [0.1, 0.15) is 5.69 Å². The topological polar surface area (TPSA) is 55.3 Å². The molecule has 92 valence electrons. The number of halogens is 1. The fourth-order valence-corrected chi connectivity index (χ4v) is 1.82. The summed E-state index contributed by atoms with van der Waals surface area (Å²) < 4.78 is 3.06. The van der Waals surface area contributed by atoms with E-state index < -0.39 is 0 Å². The molecule has 1 aromatic carbocycles. The number of hydrogen-bond donors (Lipinski definition) is 2. The maximum atomic E-state index is 5.29. The zero-order chi connectivity index (χ0) is 13.0. The molecule has 6 heteroatoms. The van der Waals surface area contributed by atoms with E-state index in [4.69, 9.17) is 5.73 Å². The fourth-order valence-electron chi connectivity index (χ4n) is 1.50. The molecule has 1 aromatic heterocycles. The molecule has 3 N–H and O–H groups in total. The largest absolute Gasteiger partial charge is 0.375 e. The molecular weight excluding hydrogens is 312 g/mol. The van der Waals surface area contributed by atoms with E-state index in [9.17, 15) is 0 Å². The second-order valence-corrected chi connectivity index (χ2v) is 4.87. The lowest BCUT2D eigenvalue weighted by atomic mass is 10.3. The number of nitrogens with zero attached hydrogens (tertiary/aromatic N) is 2. The van der Waals surface area contributed by atoms with Gasteiger partial charge in [0.2, 0.25) is 0 Å². The van der Waals surface area contributed by atoms with Crippen molar-refractivity contribution in [2.75, 3.05) is 0 Å². The number of rotatable bonds is 3. The standard InChI is InChI=1S/C12H11BrN4S/c13-9-3-5-10(6-4-9)17-7-1-2-11(17)8-15-16-12(14)18/h1-8H,(H3,14,16,18). The Balaban J connectivity index is 2.24. The van der Waals surface area contributed by atoms with Gasteiger partial charge in [0.05, 0.1) is 11.9 Å². The molecule has 0 aliphatic rings. The number of hydrogen-bond acceptors (Lipinski definition) is 2. The van der Waals surface area contributed by atoms with Crippen LogP contribution in [-0.2, 0) is 0 Å². The zero-order valence-corrected chi connectivity index (χ0v) is 11.8. The Morgan fingerprint density at radius 3 is 2.72 bits per heavy atom. The zero-order valence-electron chi connectivity index (χ0n) is 9.38. The highest BCUT2D eigenvalue weighted by atomic mass is 79.9. The maximum absolute atomic E-state index is 5.29. The van der Waals surface area contributed by atoms with Gasteiger partial charge >= 0.3 is 0 Å². The van der Waals surface area contributed by atoms with Gasteiger partial charge in [0.1, 0.15) is 0 Å². The summed E-state index contributed by atoms with van der Waals surface area (Å²) in [6, 6.07) is 11.9. The van der Waals surface area contributed by atoms with E-state index in [1.807, 2.05) is 47.2 Å². The molecule has 0 atom stereocenters. The summed E-state index contributed by atoms with van der Waals surface area (Å²) in [4.78, 5) is 0. The molecule has 1 heterocycles. The van der Waals surface area contributed by atoms with Crippen LogP contribution in [0.15, 0.2) is 52.2 Å². The van der Waals surface area contributed by atoms with Crippen molar-refractivity contribution < 1.29 is 0 Å². The minimum absolute atomic E-state index is 0.146. The highest BCUT2D eigenvalue weighted by Gasteiger charge is 2.00. The smallest absolute Gasteiger partial charge is 0.184 e. The summed E-state index contributed by atoms with van der Waals surface area (Å²) in [5.74, 6) is 0. The molecule has 0 fully saturated rings. The van der Waals surface area contributed by atoms with E-state index in [1.165, 1.54) is 0 Å². The van der Waals surface area contributed by atoms with E-state index in [-0.39, 0.29) is 5.11 Å².